The molecule has 1 heterocycles. The topological polar surface area (TPSA) is 14.2 Å². The van der Waals surface area contributed by atoms with Crippen LogP contribution in [-0.2, 0) is 6.61 Å². The van der Waals surface area contributed by atoms with Crippen LogP contribution in [0.5, 0.6) is 5.75 Å². The molecular weight excluding hydrogens is 294 g/mol. The summed E-state index contributed by atoms with van der Waals surface area (Å²) in [7, 11) is 0. The molecule has 1 aromatic heterocycles. The van der Waals surface area contributed by atoms with Gasteiger partial charge in [0.05, 0.1) is 5.69 Å². The van der Waals surface area contributed by atoms with Crippen LogP contribution in [0, 0.1) is 6.92 Å². The minimum Gasteiger partial charge on any atom is -0.487 e. The Hall–Kier alpha value is -1.93. The van der Waals surface area contributed by atoms with Crippen molar-refractivity contribution in [2.45, 2.75) is 33.4 Å². The highest BCUT2D eigenvalue weighted by atomic mass is 35.5. The molecule has 114 valence electrons. The molecule has 3 rings (SSSR count). The number of ether oxygens (including phenoxy) is 1. The Morgan fingerprint density at radius 1 is 1.05 bits per heavy atom. The summed E-state index contributed by atoms with van der Waals surface area (Å²) >= 11 is 6.11. The van der Waals surface area contributed by atoms with E-state index in [-0.39, 0.29) is 0 Å². The fourth-order valence-electron chi connectivity index (χ4n) is 2.78. The van der Waals surface area contributed by atoms with E-state index in [1.54, 1.807) is 0 Å². The van der Waals surface area contributed by atoms with Gasteiger partial charge in [0.1, 0.15) is 12.4 Å². The zero-order valence-electron chi connectivity index (χ0n) is 13.1. The lowest BCUT2D eigenvalue weighted by molar-refractivity contribution is 0.293. The number of aryl methyl sites for hydroxylation is 1. The molecule has 0 saturated heterocycles. The van der Waals surface area contributed by atoms with Gasteiger partial charge in [-0.1, -0.05) is 29.3 Å². The lowest BCUT2D eigenvalue weighted by atomic mass is 10.2. The molecule has 3 aromatic rings. The first-order valence-corrected chi connectivity index (χ1v) is 7.91. The van der Waals surface area contributed by atoms with Crippen LogP contribution in [0.15, 0.2) is 48.5 Å². The smallest absolute Gasteiger partial charge is 0.128 e. The van der Waals surface area contributed by atoms with Crippen LogP contribution < -0.4 is 4.74 Å². The lowest BCUT2D eigenvalue weighted by Gasteiger charge is -2.15. The molecule has 0 aliphatic carbocycles. The Labute approximate surface area is 136 Å². The minimum absolute atomic E-state index is 0.371. The molecule has 2 aromatic carbocycles. The van der Waals surface area contributed by atoms with Crippen molar-refractivity contribution in [3.05, 3.63) is 64.8 Å². The fraction of sp³-hybridized carbons (Fsp3) is 0.263. The molecule has 0 spiro atoms. The molecule has 3 heteroatoms. The van der Waals surface area contributed by atoms with E-state index in [0.29, 0.717) is 12.6 Å². The Kier molecular flexibility index (Phi) is 4.12. The maximum absolute atomic E-state index is 6.11. The van der Waals surface area contributed by atoms with Gasteiger partial charge in [-0.05, 0) is 57.2 Å². The number of aromatic nitrogens is 1. The van der Waals surface area contributed by atoms with Crippen molar-refractivity contribution in [2.75, 3.05) is 0 Å². The molecule has 0 aliphatic rings. The van der Waals surface area contributed by atoms with Gasteiger partial charge in [-0.2, -0.15) is 0 Å². The second-order valence-corrected chi connectivity index (χ2v) is 6.34. The van der Waals surface area contributed by atoms with Gasteiger partial charge in [-0.25, -0.2) is 0 Å². The van der Waals surface area contributed by atoms with E-state index in [1.165, 1.54) is 11.1 Å². The first-order valence-electron chi connectivity index (χ1n) is 7.53. The number of fused-ring (bicyclic) bond motifs is 1. The van der Waals surface area contributed by atoms with Crippen molar-refractivity contribution < 1.29 is 4.74 Å². The van der Waals surface area contributed by atoms with Gasteiger partial charge < -0.3 is 9.30 Å². The predicted molar refractivity (Wildman–Crippen MR) is 92.8 cm³/mol. The normalized spacial score (nSPS) is 11.3. The summed E-state index contributed by atoms with van der Waals surface area (Å²) in [5.41, 5.74) is 3.59. The molecule has 0 saturated carbocycles. The van der Waals surface area contributed by atoms with Gasteiger partial charge in [0.2, 0.25) is 0 Å². The van der Waals surface area contributed by atoms with Crippen LogP contribution >= 0.6 is 11.6 Å². The van der Waals surface area contributed by atoms with E-state index >= 15 is 0 Å². The van der Waals surface area contributed by atoms with Crippen molar-refractivity contribution in [3.63, 3.8) is 0 Å². The maximum atomic E-state index is 6.11. The SMILES string of the molecule is Cc1ccc(OCc2cc3cc(Cl)ccc3n2C(C)C)cc1. The highest BCUT2D eigenvalue weighted by Crippen LogP contribution is 2.27. The summed E-state index contributed by atoms with van der Waals surface area (Å²) in [6.45, 7) is 6.99. The number of hydrogen-bond acceptors (Lipinski definition) is 1. The molecule has 22 heavy (non-hydrogen) atoms. The van der Waals surface area contributed by atoms with Crippen LogP contribution in [-0.4, -0.2) is 4.57 Å². The van der Waals surface area contributed by atoms with Crippen molar-refractivity contribution in [1.29, 1.82) is 0 Å². The minimum atomic E-state index is 0.371. The monoisotopic (exact) mass is 313 g/mol. The van der Waals surface area contributed by atoms with Crippen LogP contribution in [0.3, 0.4) is 0 Å². The molecule has 2 nitrogen and oxygen atoms in total. The van der Waals surface area contributed by atoms with Gasteiger partial charge in [0, 0.05) is 22.0 Å². The summed E-state index contributed by atoms with van der Waals surface area (Å²) in [5.74, 6) is 0.893. The first kappa shape index (κ1) is 15.0. The van der Waals surface area contributed by atoms with Crippen LogP contribution in [0.25, 0.3) is 10.9 Å². The zero-order valence-corrected chi connectivity index (χ0v) is 13.9. The van der Waals surface area contributed by atoms with Crippen LogP contribution in [0.2, 0.25) is 5.02 Å². The van der Waals surface area contributed by atoms with E-state index in [0.717, 1.165) is 21.9 Å². The molecule has 0 unspecified atom stereocenters. The highest BCUT2D eigenvalue weighted by Gasteiger charge is 2.12. The Morgan fingerprint density at radius 2 is 1.77 bits per heavy atom. The summed E-state index contributed by atoms with van der Waals surface area (Å²) in [6.07, 6.45) is 0. The maximum Gasteiger partial charge on any atom is 0.128 e. The zero-order chi connectivity index (χ0) is 15.7. The molecule has 0 aliphatic heterocycles. The summed E-state index contributed by atoms with van der Waals surface area (Å²) in [4.78, 5) is 0. The van der Waals surface area contributed by atoms with Crippen molar-refractivity contribution in [3.8, 4) is 5.75 Å². The molecule has 0 N–H and O–H groups in total. The Bertz CT molecular complexity index is 787. The molecule has 0 atom stereocenters. The summed E-state index contributed by atoms with van der Waals surface area (Å²) in [5, 5.41) is 1.92. The van der Waals surface area contributed by atoms with Crippen molar-refractivity contribution in [2.24, 2.45) is 0 Å². The molecule has 0 bridgehead atoms. The van der Waals surface area contributed by atoms with Gasteiger partial charge in [-0.3, -0.25) is 0 Å². The second-order valence-electron chi connectivity index (χ2n) is 5.90. The molecule has 0 fully saturated rings. The van der Waals surface area contributed by atoms with Crippen LogP contribution in [0.1, 0.15) is 31.1 Å². The number of nitrogens with zero attached hydrogens (tertiary/aromatic N) is 1. The third kappa shape index (κ3) is 2.97. The Balaban J connectivity index is 1.92. The molecule has 0 amide bonds. The largest absolute Gasteiger partial charge is 0.487 e. The number of benzene rings is 2. The standard InChI is InChI=1S/C19H20ClNO/c1-13(2)21-17(11-15-10-16(20)6-9-19(15)21)12-22-18-7-4-14(3)5-8-18/h4-11,13H,12H2,1-3H3. The lowest BCUT2D eigenvalue weighted by Crippen LogP contribution is -2.08. The number of rotatable bonds is 4. The average Bonchev–Trinajstić information content (AvgIpc) is 2.84. The van der Waals surface area contributed by atoms with Crippen molar-refractivity contribution in [1.82, 2.24) is 4.57 Å². The van der Waals surface area contributed by atoms with E-state index in [1.807, 2.05) is 24.3 Å². The van der Waals surface area contributed by atoms with Gasteiger partial charge in [-0.15, -0.1) is 0 Å². The fourth-order valence-corrected chi connectivity index (χ4v) is 2.96. The second kappa shape index (κ2) is 6.05. The quantitative estimate of drug-likeness (QED) is 0.597. The highest BCUT2D eigenvalue weighted by molar-refractivity contribution is 6.31. The van der Waals surface area contributed by atoms with E-state index in [2.05, 4.69) is 49.6 Å². The third-order valence-electron chi connectivity index (χ3n) is 3.80. The van der Waals surface area contributed by atoms with Gasteiger partial charge in [0.15, 0.2) is 0 Å². The van der Waals surface area contributed by atoms with E-state index < -0.39 is 0 Å². The molecule has 0 radical (unpaired) electrons. The van der Waals surface area contributed by atoms with Crippen LogP contribution in [0.4, 0.5) is 0 Å². The number of halogens is 1. The number of hydrogen-bond donors (Lipinski definition) is 0. The van der Waals surface area contributed by atoms with E-state index in [9.17, 15) is 0 Å². The summed E-state index contributed by atoms with van der Waals surface area (Å²) < 4.78 is 8.25. The summed E-state index contributed by atoms with van der Waals surface area (Å²) in [6, 6.07) is 16.7. The van der Waals surface area contributed by atoms with E-state index in [4.69, 9.17) is 16.3 Å². The first-order chi connectivity index (χ1) is 10.5. The average molecular weight is 314 g/mol. The van der Waals surface area contributed by atoms with Gasteiger partial charge >= 0.3 is 0 Å². The Morgan fingerprint density at radius 3 is 2.45 bits per heavy atom. The third-order valence-corrected chi connectivity index (χ3v) is 4.04. The molecular formula is C19H20ClNO. The van der Waals surface area contributed by atoms with Crippen molar-refractivity contribution >= 4 is 22.5 Å². The predicted octanol–water partition coefficient (Wildman–Crippen LogP) is 5.76. The van der Waals surface area contributed by atoms with Gasteiger partial charge in [0.25, 0.3) is 0 Å².